The fourth-order valence-electron chi connectivity index (χ4n) is 2.02. The van der Waals surface area contributed by atoms with E-state index in [0.29, 0.717) is 5.69 Å². The Kier molecular flexibility index (Phi) is 3.79. The smallest absolute Gasteiger partial charge is 0.334 e. The lowest BCUT2D eigenvalue weighted by molar-refractivity contribution is -0.385. The summed E-state index contributed by atoms with van der Waals surface area (Å²) in [7, 11) is 1.42. The monoisotopic (exact) mass is 261 g/mol. The van der Waals surface area contributed by atoms with Crippen LogP contribution in [0.5, 0.6) is 5.75 Å². The highest BCUT2D eigenvalue weighted by Gasteiger charge is 2.22. The average Bonchev–Trinajstić information content (AvgIpc) is 2.86. The van der Waals surface area contributed by atoms with E-state index in [4.69, 9.17) is 4.74 Å². The SMILES string of the molecule is CCCc1nccn1-c1cccc(OC)c1[N+](=O)[O-]. The van der Waals surface area contributed by atoms with Crippen LogP contribution in [0, 0.1) is 10.1 Å². The number of nitro groups is 1. The van der Waals surface area contributed by atoms with Crippen LogP contribution in [0.2, 0.25) is 0 Å². The number of methoxy groups -OCH3 is 1. The number of para-hydroxylation sites is 1. The van der Waals surface area contributed by atoms with E-state index in [1.165, 1.54) is 7.11 Å². The normalized spacial score (nSPS) is 10.4. The number of ether oxygens (including phenoxy) is 1. The molecule has 0 spiro atoms. The summed E-state index contributed by atoms with van der Waals surface area (Å²) in [5.74, 6) is 1.05. The van der Waals surface area contributed by atoms with Gasteiger partial charge in [-0.3, -0.25) is 14.7 Å². The Morgan fingerprint density at radius 1 is 1.47 bits per heavy atom. The Morgan fingerprint density at radius 2 is 2.26 bits per heavy atom. The van der Waals surface area contributed by atoms with Crippen molar-refractivity contribution in [1.82, 2.24) is 9.55 Å². The Balaban J connectivity index is 2.61. The van der Waals surface area contributed by atoms with Gasteiger partial charge in [0.1, 0.15) is 11.5 Å². The number of imidazole rings is 1. The minimum atomic E-state index is -0.427. The Morgan fingerprint density at radius 3 is 2.89 bits per heavy atom. The van der Waals surface area contributed by atoms with Crippen molar-refractivity contribution in [1.29, 1.82) is 0 Å². The molecule has 6 nitrogen and oxygen atoms in total. The highest BCUT2D eigenvalue weighted by Crippen LogP contribution is 2.33. The summed E-state index contributed by atoms with van der Waals surface area (Å²) in [6.45, 7) is 2.04. The first-order chi connectivity index (χ1) is 9.19. The molecule has 2 aromatic rings. The van der Waals surface area contributed by atoms with Crippen LogP contribution in [0.25, 0.3) is 5.69 Å². The van der Waals surface area contributed by atoms with Crippen molar-refractivity contribution >= 4 is 5.69 Å². The van der Waals surface area contributed by atoms with Crippen LogP contribution in [0.1, 0.15) is 19.2 Å². The number of nitrogens with zero attached hydrogens (tertiary/aromatic N) is 3. The van der Waals surface area contributed by atoms with E-state index >= 15 is 0 Å². The molecule has 0 aliphatic carbocycles. The van der Waals surface area contributed by atoms with Crippen LogP contribution in [-0.4, -0.2) is 21.6 Å². The number of benzene rings is 1. The molecular weight excluding hydrogens is 246 g/mol. The third-order valence-corrected chi connectivity index (χ3v) is 2.83. The van der Waals surface area contributed by atoms with Crippen LogP contribution in [0.15, 0.2) is 30.6 Å². The lowest BCUT2D eigenvalue weighted by atomic mass is 10.2. The van der Waals surface area contributed by atoms with Gasteiger partial charge in [0.2, 0.25) is 0 Å². The molecule has 6 heteroatoms. The quantitative estimate of drug-likeness (QED) is 0.613. The third kappa shape index (κ3) is 2.42. The van der Waals surface area contributed by atoms with Gasteiger partial charge in [-0.15, -0.1) is 0 Å². The van der Waals surface area contributed by atoms with E-state index in [9.17, 15) is 10.1 Å². The molecule has 19 heavy (non-hydrogen) atoms. The first-order valence-electron chi connectivity index (χ1n) is 6.03. The van der Waals surface area contributed by atoms with Gasteiger partial charge < -0.3 is 4.74 Å². The summed E-state index contributed by atoms with van der Waals surface area (Å²) in [5, 5.41) is 11.3. The van der Waals surface area contributed by atoms with E-state index in [0.717, 1.165) is 18.7 Å². The first-order valence-corrected chi connectivity index (χ1v) is 6.03. The van der Waals surface area contributed by atoms with E-state index in [2.05, 4.69) is 4.98 Å². The average molecular weight is 261 g/mol. The van der Waals surface area contributed by atoms with Gasteiger partial charge in [0.15, 0.2) is 5.75 Å². The number of hydrogen-bond acceptors (Lipinski definition) is 4. The van der Waals surface area contributed by atoms with Crippen molar-refractivity contribution in [2.24, 2.45) is 0 Å². The van der Waals surface area contributed by atoms with Crippen molar-refractivity contribution in [2.45, 2.75) is 19.8 Å². The predicted octanol–water partition coefficient (Wildman–Crippen LogP) is 2.74. The standard InChI is InChI=1S/C13H15N3O3/c1-3-5-12-14-8-9-15(12)10-6-4-7-11(19-2)13(10)16(17)18/h4,6-9H,3,5H2,1-2H3. The van der Waals surface area contributed by atoms with Gasteiger partial charge in [0.25, 0.3) is 0 Å². The lowest BCUT2D eigenvalue weighted by Crippen LogP contribution is -2.05. The number of rotatable bonds is 5. The molecule has 0 amide bonds. The molecule has 100 valence electrons. The van der Waals surface area contributed by atoms with E-state index < -0.39 is 4.92 Å². The zero-order valence-electron chi connectivity index (χ0n) is 10.9. The molecule has 1 heterocycles. The summed E-state index contributed by atoms with van der Waals surface area (Å²) < 4.78 is 6.81. The Bertz CT molecular complexity index is 593. The molecule has 2 rings (SSSR count). The van der Waals surface area contributed by atoms with Gasteiger partial charge in [0, 0.05) is 18.8 Å². The summed E-state index contributed by atoms with van der Waals surface area (Å²) in [6, 6.07) is 5.01. The summed E-state index contributed by atoms with van der Waals surface area (Å²) >= 11 is 0. The Labute approximate surface area is 110 Å². The molecule has 0 unspecified atom stereocenters. The summed E-state index contributed by atoms with van der Waals surface area (Å²) in [4.78, 5) is 15.1. The van der Waals surface area contributed by atoms with E-state index in [1.807, 2.05) is 6.92 Å². The highest BCUT2D eigenvalue weighted by atomic mass is 16.6. The number of aryl methyl sites for hydroxylation is 1. The van der Waals surface area contributed by atoms with Crippen LogP contribution >= 0.6 is 0 Å². The molecule has 0 radical (unpaired) electrons. The molecule has 0 fully saturated rings. The molecule has 0 aliphatic heterocycles. The zero-order chi connectivity index (χ0) is 13.8. The van der Waals surface area contributed by atoms with Crippen LogP contribution in [0.4, 0.5) is 5.69 Å². The van der Waals surface area contributed by atoms with Crippen LogP contribution in [-0.2, 0) is 6.42 Å². The topological polar surface area (TPSA) is 70.2 Å². The number of aromatic nitrogens is 2. The maximum Gasteiger partial charge on any atom is 0.334 e. The Hall–Kier alpha value is -2.37. The third-order valence-electron chi connectivity index (χ3n) is 2.83. The fraction of sp³-hybridized carbons (Fsp3) is 0.308. The van der Waals surface area contributed by atoms with Gasteiger partial charge in [-0.2, -0.15) is 0 Å². The van der Waals surface area contributed by atoms with Crippen molar-refractivity contribution in [3.05, 3.63) is 46.5 Å². The van der Waals surface area contributed by atoms with Crippen molar-refractivity contribution in [3.63, 3.8) is 0 Å². The largest absolute Gasteiger partial charge is 0.490 e. The molecule has 1 aromatic heterocycles. The van der Waals surface area contributed by atoms with E-state index in [1.54, 1.807) is 35.2 Å². The second kappa shape index (κ2) is 5.51. The van der Waals surface area contributed by atoms with Crippen molar-refractivity contribution in [3.8, 4) is 11.4 Å². The second-order valence-corrected chi connectivity index (χ2v) is 4.05. The van der Waals surface area contributed by atoms with Gasteiger partial charge in [-0.1, -0.05) is 13.0 Å². The molecule has 0 bridgehead atoms. The van der Waals surface area contributed by atoms with Crippen LogP contribution < -0.4 is 4.74 Å². The van der Waals surface area contributed by atoms with Gasteiger partial charge >= 0.3 is 5.69 Å². The summed E-state index contributed by atoms with van der Waals surface area (Å²) in [5.41, 5.74) is 0.436. The predicted molar refractivity (Wildman–Crippen MR) is 70.8 cm³/mol. The lowest BCUT2D eigenvalue weighted by Gasteiger charge is -2.10. The van der Waals surface area contributed by atoms with E-state index in [-0.39, 0.29) is 11.4 Å². The highest BCUT2D eigenvalue weighted by molar-refractivity contribution is 5.61. The fourth-order valence-corrected chi connectivity index (χ4v) is 2.02. The maximum absolute atomic E-state index is 11.3. The number of nitro benzene ring substituents is 1. The van der Waals surface area contributed by atoms with Crippen molar-refractivity contribution < 1.29 is 9.66 Å². The second-order valence-electron chi connectivity index (χ2n) is 4.05. The molecule has 0 aliphatic rings. The molecule has 0 N–H and O–H groups in total. The molecule has 0 saturated heterocycles. The molecule has 0 saturated carbocycles. The van der Waals surface area contributed by atoms with Crippen molar-refractivity contribution in [2.75, 3.05) is 7.11 Å². The van der Waals surface area contributed by atoms with Gasteiger partial charge in [-0.25, -0.2) is 4.98 Å². The molecular formula is C13H15N3O3. The summed E-state index contributed by atoms with van der Waals surface area (Å²) in [6.07, 6.45) is 5.07. The minimum Gasteiger partial charge on any atom is -0.490 e. The maximum atomic E-state index is 11.3. The van der Waals surface area contributed by atoms with Gasteiger partial charge in [0.05, 0.1) is 12.0 Å². The van der Waals surface area contributed by atoms with Crippen LogP contribution in [0.3, 0.4) is 0 Å². The minimum absolute atomic E-state index is 0.0413. The number of hydrogen-bond donors (Lipinski definition) is 0. The van der Waals surface area contributed by atoms with Gasteiger partial charge in [-0.05, 0) is 18.6 Å². The molecule has 0 atom stereocenters. The molecule has 1 aromatic carbocycles. The first kappa shape index (κ1) is 13.1. The zero-order valence-corrected chi connectivity index (χ0v) is 10.9.